The Kier molecular flexibility index (Phi) is 2.81. The normalized spacial score (nSPS) is 11.6. The lowest BCUT2D eigenvalue weighted by Gasteiger charge is -2.09. The molecule has 0 heterocycles. The smallest absolute Gasteiger partial charge is 0.205 e. The zero-order valence-electron chi connectivity index (χ0n) is 8.13. The SMILES string of the molecule is FC(F)c1cccc2c(C(F)F)cccc12. The molecule has 0 saturated carbocycles. The summed E-state index contributed by atoms with van der Waals surface area (Å²) in [4.78, 5) is 0. The lowest BCUT2D eigenvalue weighted by molar-refractivity contribution is 0.151. The molecule has 0 radical (unpaired) electrons. The summed E-state index contributed by atoms with van der Waals surface area (Å²) >= 11 is 0. The first kappa shape index (κ1) is 10.9. The Labute approximate surface area is 89.5 Å². The maximum atomic E-state index is 12.6. The molecule has 0 unspecified atom stereocenters. The first-order valence-corrected chi connectivity index (χ1v) is 4.69. The van der Waals surface area contributed by atoms with Crippen LogP contribution in [0.2, 0.25) is 0 Å². The predicted octanol–water partition coefficient (Wildman–Crippen LogP) is 4.72. The van der Waals surface area contributed by atoms with E-state index in [4.69, 9.17) is 0 Å². The van der Waals surface area contributed by atoms with E-state index >= 15 is 0 Å². The van der Waals surface area contributed by atoms with E-state index in [1.165, 1.54) is 36.4 Å². The molecule has 0 aliphatic carbocycles. The van der Waals surface area contributed by atoms with Crippen LogP contribution in [0, 0.1) is 0 Å². The van der Waals surface area contributed by atoms with Crippen molar-refractivity contribution in [3.63, 3.8) is 0 Å². The van der Waals surface area contributed by atoms with Gasteiger partial charge in [0.15, 0.2) is 0 Å². The van der Waals surface area contributed by atoms with E-state index in [1.54, 1.807) is 0 Å². The van der Waals surface area contributed by atoms with Crippen molar-refractivity contribution in [3.05, 3.63) is 47.5 Å². The molecule has 0 aromatic heterocycles. The molecule has 0 amide bonds. The number of hydrogen-bond acceptors (Lipinski definition) is 0. The van der Waals surface area contributed by atoms with Gasteiger partial charge in [0.2, 0.25) is 0 Å². The number of rotatable bonds is 2. The van der Waals surface area contributed by atoms with E-state index in [0.29, 0.717) is 0 Å². The van der Waals surface area contributed by atoms with Crippen molar-refractivity contribution in [2.24, 2.45) is 0 Å². The highest BCUT2D eigenvalue weighted by atomic mass is 19.3. The number of hydrogen-bond donors (Lipinski definition) is 0. The molecular weight excluding hydrogens is 220 g/mol. The van der Waals surface area contributed by atoms with Gasteiger partial charge < -0.3 is 0 Å². The summed E-state index contributed by atoms with van der Waals surface area (Å²) in [5.74, 6) is 0. The molecule has 2 aromatic rings. The lowest BCUT2D eigenvalue weighted by atomic mass is 10.0. The highest BCUT2D eigenvalue weighted by Gasteiger charge is 2.15. The van der Waals surface area contributed by atoms with Gasteiger partial charge in [0.25, 0.3) is 12.9 Å². The molecule has 0 spiro atoms. The van der Waals surface area contributed by atoms with E-state index in [-0.39, 0.29) is 21.9 Å². The fourth-order valence-corrected chi connectivity index (χ4v) is 1.74. The van der Waals surface area contributed by atoms with Crippen LogP contribution < -0.4 is 0 Å². The van der Waals surface area contributed by atoms with Crippen molar-refractivity contribution in [3.8, 4) is 0 Å². The van der Waals surface area contributed by atoms with Crippen LogP contribution in [0.3, 0.4) is 0 Å². The van der Waals surface area contributed by atoms with E-state index in [2.05, 4.69) is 0 Å². The van der Waals surface area contributed by atoms with E-state index < -0.39 is 12.9 Å². The summed E-state index contributed by atoms with van der Waals surface area (Å²) in [7, 11) is 0. The molecule has 2 rings (SSSR count). The van der Waals surface area contributed by atoms with Crippen LogP contribution in [-0.2, 0) is 0 Å². The van der Waals surface area contributed by atoms with Crippen molar-refractivity contribution in [1.29, 1.82) is 0 Å². The Morgan fingerprint density at radius 2 is 1.00 bits per heavy atom. The minimum atomic E-state index is -2.66. The van der Waals surface area contributed by atoms with E-state index in [1.807, 2.05) is 0 Å². The fraction of sp³-hybridized carbons (Fsp3) is 0.167. The Morgan fingerprint density at radius 1 is 0.625 bits per heavy atom. The minimum Gasteiger partial charge on any atom is -0.205 e. The van der Waals surface area contributed by atoms with Crippen molar-refractivity contribution in [2.45, 2.75) is 12.9 Å². The minimum absolute atomic E-state index is 0.190. The predicted molar refractivity (Wildman–Crippen MR) is 53.9 cm³/mol. The zero-order valence-corrected chi connectivity index (χ0v) is 8.13. The molecule has 0 saturated heterocycles. The maximum absolute atomic E-state index is 12.6. The molecule has 0 atom stereocenters. The highest BCUT2D eigenvalue weighted by molar-refractivity contribution is 5.89. The standard InChI is InChI=1S/C12H8F4/c13-11(14)9-5-1-3-7-8(9)4-2-6-10(7)12(15)16/h1-6,11-12H. The number of fused-ring (bicyclic) bond motifs is 1. The van der Waals surface area contributed by atoms with Crippen molar-refractivity contribution >= 4 is 10.8 Å². The van der Waals surface area contributed by atoms with E-state index in [9.17, 15) is 17.6 Å². The summed E-state index contributed by atoms with van der Waals surface area (Å²) in [6.07, 6.45) is -5.31. The zero-order chi connectivity index (χ0) is 11.7. The summed E-state index contributed by atoms with van der Waals surface area (Å²) in [5, 5.41) is 0.380. The van der Waals surface area contributed by atoms with Gasteiger partial charge in [0.05, 0.1) is 0 Å². The van der Waals surface area contributed by atoms with Crippen LogP contribution in [0.1, 0.15) is 24.0 Å². The second-order valence-electron chi connectivity index (χ2n) is 3.39. The summed E-state index contributed by atoms with van der Waals surface area (Å²) in [5.41, 5.74) is -0.417. The molecule has 0 N–H and O–H groups in total. The Hall–Kier alpha value is -1.58. The molecule has 0 aliphatic rings. The topological polar surface area (TPSA) is 0 Å². The third kappa shape index (κ3) is 1.75. The van der Waals surface area contributed by atoms with Gasteiger partial charge in [-0.15, -0.1) is 0 Å². The van der Waals surface area contributed by atoms with Crippen LogP contribution in [0.5, 0.6) is 0 Å². The molecular formula is C12H8F4. The quantitative estimate of drug-likeness (QED) is 0.652. The van der Waals surface area contributed by atoms with E-state index in [0.717, 1.165) is 0 Å². The van der Waals surface area contributed by atoms with Gasteiger partial charge >= 0.3 is 0 Å². The molecule has 16 heavy (non-hydrogen) atoms. The fourth-order valence-electron chi connectivity index (χ4n) is 1.74. The number of alkyl halides is 4. The van der Waals surface area contributed by atoms with Crippen LogP contribution >= 0.6 is 0 Å². The lowest BCUT2D eigenvalue weighted by Crippen LogP contribution is -1.91. The summed E-state index contributed by atoms with van der Waals surface area (Å²) < 4.78 is 50.6. The van der Waals surface area contributed by atoms with Crippen LogP contribution in [0.4, 0.5) is 17.6 Å². The average molecular weight is 228 g/mol. The molecule has 0 fully saturated rings. The molecule has 2 aromatic carbocycles. The largest absolute Gasteiger partial charge is 0.264 e. The van der Waals surface area contributed by atoms with Gasteiger partial charge in [-0.1, -0.05) is 36.4 Å². The van der Waals surface area contributed by atoms with Gasteiger partial charge in [0, 0.05) is 11.1 Å². The average Bonchev–Trinajstić information content (AvgIpc) is 2.27. The summed E-state index contributed by atoms with van der Waals surface area (Å²) in [6.45, 7) is 0. The second-order valence-corrected chi connectivity index (χ2v) is 3.39. The molecule has 4 heteroatoms. The van der Waals surface area contributed by atoms with Gasteiger partial charge in [-0.2, -0.15) is 0 Å². The van der Waals surface area contributed by atoms with Gasteiger partial charge in [-0.3, -0.25) is 0 Å². The van der Waals surface area contributed by atoms with Crippen LogP contribution in [0.15, 0.2) is 36.4 Å². The van der Waals surface area contributed by atoms with Gasteiger partial charge in [0.1, 0.15) is 0 Å². The number of halogens is 4. The highest BCUT2D eigenvalue weighted by Crippen LogP contribution is 2.33. The van der Waals surface area contributed by atoms with Crippen molar-refractivity contribution < 1.29 is 17.6 Å². The van der Waals surface area contributed by atoms with Gasteiger partial charge in [-0.25, -0.2) is 17.6 Å². The Bertz CT molecular complexity index is 458. The summed E-state index contributed by atoms with van der Waals surface area (Å²) in [6, 6.07) is 8.11. The molecule has 0 aliphatic heterocycles. The monoisotopic (exact) mass is 228 g/mol. The Balaban J connectivity index is 2.76. The maximum Gasteiger partial charge on any atom is 0.264 e. The van der Waals surface area contributed by atoms with Crippen molar-refractivity contribution in [1.82, 2.24) is 0 Å². The van der Waals surface area contributed by atoms with Crippen LogP contribution in [0.25, 0.3) is 10.8 Å². The third-order valence-corrected chi connectivity index (χ3v) is 2.46. The van der Waals surface area contributed by atoms with Crippen LogP contribution in [-0.4, -0.2) is 0 Å². The first-order chi connectivity index (χ1) is 7.61. The molecule has 0 nitrogen and oxygen atoms in total. The number of benzene rings is 2. The van der Waals surface area contributed by atoms with Gasteiger partial charge in [-0.05, 0) is 10.8 Å². The second kappa shape index (κ2) is 4.12. The van der Waals surface area contributed by atoms with Crippen molar-refractivity contribution in [2.75, 3.05) is 0 Å². The first-order valence-electron chi connectivity index (χ1n) is 4.69. The molecule has 0 bridgehead atoms. The third-order valence-electron chi connectivity index (χ3n) is 2.46. The molecule has 84 valence electrons. The Morgan fingerprint density at radius 3 is 1.31 bits per heavy atom.